The van der Waals surface area contributed by atoms with Crippen molar-refractivity contribution < 1.29 is 40.6 Å². The maximum atomic E-state index is 15.4. The fourth-order valence-electron chi connectivity index (χ4n) is 5.76. The summed E-state index contributed by atoms with van der Waals surface area (Å²) in [6.07, 6.45) is -0.733. The number of nitrogens with zero attached hydrogens (tertiary/aromatic N) is 3. The number of amidine groups is 1. The second-order valence-electron chi connectivity index (χ2n) is 14.2. The Morgan fingerprint density at radius 2 is 1.31 bits per heavy atom. The second-order valence-corrected chi connectivity index (χ2v) is 18.9. The predicted octanol–water partition coefficient (Wildman–Crippen LogP) is 5.09. The van der Waals surface area contributed by atoms with Crippen molar-refractivity contribution in [2.45, 2.75) is 68.8 Å². The van der Waals surface area contributed by atoms with Gasteiger partial charge in [0.25, 0.3) is 0 Å². The van der Waals surface area contributed by atoms with Gasteiger partial charge in [0.1, 0.15) is 32.6 Å². The van der Waals surface area contributed by atoms with Gasteiger partial charge in [-0.3, -0.25) is 5.43 Å². The van der Waals surface area contributed by atoms with Crippen LogP contribution in [-0.2, 0) is 44.4 Å². The second kappa shape index (κ2) is 18.9. The van der Waals surface area contributed by atoms with Crippen LogP contribution in [0, 0.1) is 3.57 Å². The molecule has 1 aliphatic rings. The number of nitrogens with one attached hydrogen (secondary N) is 4. The summed E-state index contributed by atoms with van der Waals surface area (Å²) in [5.41, 5.74) is 7.38. The highest BCUT2D eigenvalue weighted by Gasteiger charge is 2.38. The number of hydrogen-bond donors (Lipinski definition) is 4. The number of hydrogen-bond acceptors (Lipinski definition) is 13. The van der Waals surface area contributed by atoms with Gasteiger partial charge in [0.15, 0.2) is 5.84 Å². The van der Waals surface area contributed by atoms with Crippen molar-refractivity contribution in [1.82, 2.24) is 30.4 Å². The van der Waals surface area contributed by atoms with E-state index in [1.807, 2.05) is 46.9 Å². The highest BCUT2D eigenvalue weighted by atomic mass is 127. The molecule has 1 heterocycles. The van der Waals surface area contributed by atoms with Gasteiger partial charge in [0.2, 0.25) is 20.0 Å². The fraction of sp³-hybridized carbons (Fsp3) is 0.333. The van der Waals surface area contributed by atoms with Crippen molar-refractivity contribution in [2.24, 2.45) is 5.10 Å². The number of carbonyl (C=O) groups is 1. The van der Waals surface area contributed by atoms with Crippen LogP contribution in [0.1, 0.15) is 49.9 Å². The lowest BCUT2D eigenvalue weighted by atomic mass is 10.2. The summed E-state index contributed by atoms with van der Waals surface area (Å²) in [5, 5.41) is 8.55. The van der Waals surface area contributed by atoms with Gasteiger partial charge in [0, 0.05) is 29.2 Å². The van der Waals surface area contributed by atoms with Crippen LogP contribution in [0.15, 0.2) is 99.8 Å². The predicted molar refractivity (Wildman–Crippen MR) is 227 cm³/mol. The number of alkyl carbamates (subject to hydrolysis) is 1. The van der Waals surface area contributed by atoms with Gasteiger partial charge < -0.3 is 24.3 Å². The highest BCUT2D eigenvalue weighted by Crippen LogP contribution is 2.34. The molecule has 312 valence electrons. The topological polar surface area (TPSA) is 189 Å². The van der Waals surface area contributed by atoms with Gasteiger partial charge in [0.05, 0.1) is 33.4 Å². The molecule has 1 atom stereocenters. The van der Waals surface area contributed by atoms with Gasteiger partial charge in [-0.05, 0) is 116 Å². The third-order valence-electron chi connectivity index (χ3n) is 8.56. The number of ether oxygens (including phenoxy) is 4. The van der Waals surface area contributed by atoms with Crippen LogP contribution >= 0.6 is 22.6 Å². The molecule has 0 fully saturated rings. The number of benzene rings is 4. The molecule has 0 saturated carbocycles. The minimum absolute atomic E-state index is 0.0298. The van der Waals surface area contributed by atoms with Crippen molar-refractivity contribution in [3.05, 3.63) is 111 Å². The Morgan fingerprint density at radius 1 is 0.810 bits per heavy atom. The third kappa shape index (κ3) is 11.5. The number of sulfonamides is 2. The number of hydrazine groups is 2. The SMILES string of the molecule is COc1ccc(CN2NN=C(c3c(I)ccc(S(=O)(=O)N[C@@H](C)CNC(=O)OC(C)(C)C)c3S(=O)(=O)N(Cc3ccc(OC)cc3)Cc3ccc(OC)cc3)N2)cc1. The fourth-order valence-corrected chi connectivity index (χ4v) is 10.3. The molecule has 4 aromatic carbocycles. The first-order chi connectivity index (χ1) is 27.4. The molecule has 0 aromatic heterocycles. The van der Waals surface area contributed by atoms with Crippen LogP contribution in [0.25, 0.3) is 0 Å². The zero-order valence-corrected chi connectivity index (χ0v) is 37.0. The van der Waals surface area contributed by atoms with Crippen LogP contribution in [0.4, 0.5) is 4.79 Å². The van der Waals surface area contributed by atoms with E-state index < -0.39 is 47.6 Å². The Kier molecular flexibility index (Phi) is 14.5. The number of methoxy groups -OCH3 is 3. The number of hydrazone groups is 1. The van der Waals surface area contributed by atoms with E-state index in [1.54, 1.807) is 88.5 Å². The van der Waals surface area contributed by atoms with Crippen LogP contribution < -0.4 is 35.2 Å². The molecule has 5 rings (SSSR count). The first-order valence-corrected chi connectivity index (χ1v) is 22.0. The minimum Gasteiger partial charge on any atom is -0.497 e. The van der Waals surface area contributed by atoms with Gasteiger partial charge in [-0.15, -0.1) is 10.2 Å². The molecule has 0 unspecified atom stereocenters. The average Bonchev–Trinajstić information content (AvgIpc) is 3.64. The van der Waals surface area contributed by atoms with Gasteiger partial charge in [-0.25, -0.2) is 31.9 Å². The first-order valence-electron chi connectivity index (χ1n) is 18.0. The minimum atomic E-state index is -4.72. The van der Waals surface area contributed by atoms with Crippen molar-refractivity contribution in [1.29, 1.82) is 0 Å². The number of halogens is 1. The van der Waals surface area contributed by atoms with E-state index in [2.05, 4.69) is 26.1 Å². The third-order valence-corrected chi connectivity index (χ3v) is 13.1. The number of rotatable bonds is 17. The van der Waals surface area contributed by atoms with Gasteiger partial charge in [-0.1, -0.05) is 36.4 Å². The van der Waals surface area contributed by atoms with Crippen LogP contribution in [-0.4, -0.2) is 77.7 Å². The van der Waals surface area contributed by atoms with Crippen molar-refractivity contribution >= 4 is 54.6 Å². The zero-order valence-electron chi connectivity index (χ0n) is 33.2. The smallest absolute Gasteiger partial charge is 0.407 e. The van der Waals surface area contributed by atoms with Crippen LogP contribution in [0.2, 0.25) is 0 Å². The summed E-state index contributed by atoms with van der Waals surface area (Å²) in [6.45, 7) is 6.55. The zero-order chi connectivity index (χ0) is 42.3. The maximum Gasteiger partial charge on any atom is 0.407 e. The van der Waals surface area contributed by atoms with E-state index in [0.29, 0.717) is 38.5 Å². The Morgan fingerprint density at radius 3 is 1.79 bits per heavy atom. The Balaban J connectivity index is 1.59. The van der Waals surface area contributed by atoms with E-state index in [1.165, 1.54) is 30.7 Å². The van der Waals surface area contributed by atoms with E-state index in [-0.39, 0.29) is 31.0 Å². The molecule has 0 saturated heterocycles. The molecule has 0 aliphatic carbocycles. The van der Waals surface area contributed by atoms with Crippen LogP contribution in [0.5, 0.6) is 17.2 Å². The molecular formula is C39H48IN7O9S2. The lowest BCUT2D eigenvalue weighted by Crippen LogP contribution is -2.44. The lowest BCUT2D eigenvalue weighted by Gasteiger charge is -2.27. The van der Waals surface area contributed by atoms with Crippen molar-refractivity contribution in [3.63, 3.8) is 0 Å². The summed E-state index contributed by atoms with van der Waals surface area (Å²) >= 11 is 1.97. The summed E-state index contributed by atoms with van der Waals surface area (Å²) in [6, 6.07) is 23.1. The normalized spacial score (nSPS) is 13.9. The Hall–Kier alpha value is -4.67. The average molecular weight is 950 g/mol. The molecule has 1 aliphatic heterocycles. The van der Waals surface area contributed by atoms with E-state index in [0.717, 1.165) is 5.56 Å². The molecular weight excluding hydrogens is 902 g/mol. The Labute approximate surface area is 353 Å². The van der Waals surface area contributed by atoms with E-state index in [4.69, 9.17) is 18.9 Å². The molecule has 0 bridgehead atoms. The van der Waals surface area contributed by atoms with Crippen molar-refractivity contribution in [2.75, 3.05) is 27.9 Å². The number of carbonyl (C=O) groups excluding carboxylic acids is 1. The van der Waals surface area contributed by atoms with Gasteiger partial charge >= 0.3 is 6.09 Å². The summed E-state index contributed by atoms with van der Waals surface area (Å²) in [4.78, 5) is 11.4. The largest absolute Gasteiger partial charge is 0.497 e. The van der Waals surface area contributed by atoms with Crippen LogP contribution in [0.3, 0.4) is 0 Å². The van der Waals surface area contributed by atoms with E-state index >= 15 is 8.42 Å². The summed E-state index contributed by atoms with van der Waals surface area (Å²) in [7, 11) is -4.69. The molecule has 0 spiro atoms. The molecule has 16 nitrogen and oxygen atoms in total. The monoisotopic (exact) mass is 949 g/mol. The standard InChI is InChI=1S/C39H48IN7O9S2/c1-26(22-41-38(48)56-39(2,3)4)44-57(49,50)34-21-20-33(40)35(37-42-45-47(43-37)25-29-12-18-32(55-7)19-13-29)36(34)58(51,52)46(23-27-8-14-30(53-5)15-9-27)24-28-10-16-31(54-6)17-11-28/h8-21,26,44-45H,22-25H2,1-7H3,(H,41,48)(H,42,43)/t26-/m0/s1. The van der Waals surface area contributed by atoms with Gasteiger partial charge in [-0.2, -0.15) is 4.31 Å². The summed E-state index contributed by atoms with van der Waals surface area (Å²) in [5.74, 6) is 1.92. The summed E-state index contributed by atoms with van der Waals surface area (Å²) < 4.78 is 85.1. The molecule has 4 N–H and O–H groups in total. The molecule has 1 amide bonds. The van der Waals surface area contributed by atoms with Crippen molar-refractivity contribution in [3.8, 4) is 17.2 Å². The quantitative estimate of drug-likeness (QED) is 0.103. The maximum absolute atomic E-state index is 15.4. The van der Waals surface area contributed by atoms with E-state index in [9.17, 15) is 13.2 Å². The molecule has 0 radical (unpaired) electrons. The number of amides is 1. The molecule has 4 aromatic rings. The Bertz CT molecular complexity index is 2260. The highest BCUT2D eigenvalue weighted by molar-refractivity contribution is 14.1. The molecule has 58 heavy (non-hydrogen) atoms. The molecule has 19 heteroatoms. The lowest BCUT2D eigenvalue weighted by molar-refractivity contribution is 0.0524. The first kappa shape index (κ1) is 44.4.